The molecule has 24 heavy (non-hydrogen) atoms. The minimum atomic E-state index is 0.353. The second-order valence-corrected chi connectivity index (χ2v) is 7.67. The number of benzene rings is 1. The fourth-order valence-corrected chi connectivity index (χ4v) is 4.02. The first-order valence-corrected chi connectivity index (χ1v) is 10.4. The number of aryl methyl sites for hydroxylation is 1. The molecule has 0 aliphatic heterocycles. The van der Waals surface area contributed by atoms with Crippen LogP contribution in [-0.4, -0.2) is 5.78 Å². The van der Waals surface area contributed by atoms with E-state index in [9.17, 15) is 4.79 Å². The molecule has 134 valence electrons. The first-order valence-electron chi connectivity index (χ1n) is 10.4. The molecule has 1 aromatic carbocycles. The molecule has 0 amide bonds. The van der Waals surface area contributed by atoms with Crippen molar-refractivity contribution in [2.75, 3.05) is 0 Å². The van der Waals surface area contributed by atoms with Gasteiger partial charge in [-0.1, -0.05) is 63.8 Å². The van der Waals surface area contributed by atoms with E-state index < -0.39 is 0 Å². The second-order valence-electron chi connectivity index (χ2n) is 7.67. The first-order chi connectivity index (χ1) is 11.7. The van der Waals surface area contributed by atoms with E-state index in [1.165, 1.54) is 62.5 Å². The van der Waals surface area contributed by atoms with E-state index in [-0.39, 0.29) is 0 Å². The number of hydrogen-bond acceptors (Lipinski definition) is 1. The van der Waals surface area contributed by atoms with E-state index in [1.54, 1.807) is 0 Å². The topological polar surface area (TPSA) is 17.1 Å². The number of unbranched alkanes of at least 4 members (excludes halogenated alkanes) is 4. The Morgan fingerprint density at radius 2 is 1.54 bits per heavy atom. The molecule has 2 rings (SSSR count). The lowest BCUT2D eigenvalue weighted by molar-refractivity contribution is -0.124. The van der Waals surface area contributed by atoms with Crippen LogP contribution in [0.1, 0.15) is 102 Å². The van der Waals surface area contributed by atoms with Crippen molar-refractivity contribution in [2.45, 2.75) is 96.8 Å². The fourth-order valence-electron chi connectivity index (χ4n) is 4.02. The van der Waals surface area contributed by atoms with E-state index >= 15 is 0 Å². The van der Waals surface area contributed by atoms with Crippen LogP contribution >= 0.6 is 0 Å². The van der Waals surface area contributed by atoms with E-state index in [0.29, 0.717) is 17.6 Å². The van der Waals surface area contributed by atoms with Crippen molar-refractivity contribution in [1.29, 1.82) is 0 Å². The number of carbonyl (C=O) groups is 1. The van der Waals surface area contributed by atoms with Gasteiger partial charge in [-0.3, -0.25) is 4.79 Å². The highest BCUT2D eigenvalue weighted by Gasteiger charge is 2.26. The van der Waals surface area contributed by atoms with Crippen LogP contribution in [0.3, 0.4) is 0 Å². The molecule has 0 aromatic heterocycles. The normalized spacial score (nSPS) is 20.9. The molecule has 0 bridgehead atoms. The largest absolute Gasteiger partial charge is 0.299 e. The third-order valence-electron chi connectivity index (χ3n) is 5.73. The van der Waals surface area contributed by atoms with Crippen LogP contribution < -0.4 is 0 Å². The maximum Gasteiger partial charge on any atom is 0.135 e. The molecule has 0 heterocycles. The lowest BCUT2D eigenvalue weighted by atomic mass is 9.76. The second kappa shape index (κ2) is 10.7. The Morgan fingerprint density at radius 1 is 0.875 bits per heavy atom. The van der Waals surface area contributed by atoms with Gasteiger partial charge in [0.05, 0.1) is 0 Å². The van der Waals surface area contributed by atoms with Crippen LogP contribution in [0.4, 0.5) is 0 Å². The van der Waals surface area contributed by atoms with Crippen LogP contribution in [0.2, 0.25) is 0 Å². The maximum absolute atomic E-state index is 12.3. The molecule has 1 saturated carbocycles. The lowest BCUT2D eigenvalue weighted by Gasteiger charge is -2.28. The molecule has 0 spiro atoms. The molecular formula is C23H36O. The summed E-state index contributed by atoms with van der Waals surface area (Å²) in [5, 5.41) is 0. The van der Waals surface area contributed by atoms with Crippen molar-refractivity contribution in [3.05, 3.63) is 35.4 Å². The smallest absolute Gasteiger partial charge is 0.135 e. The Kier molecular flexibility index (Phi) is 8.56. The summed E-state index contributed by atoms with van der Waals surface area (Å²) >= 11 is 0. The Balaban J connectivity index is 1.74. The van der Waals surface area contributed by atoms with Crippen LogP contribution in [0.25, 0.3) is 0 Å². The first kappa shape index (κ1) is 19.2. The molecule has 1 aliphatic rings. The van der Waals surface area contributed by atoms with Crippen molar-refractivity contribution in [2.24, 2.45) is 5.92 Å². The van der Waals surface area contributed by atoms with Gasteiger partial charge in [-0.15, -0.1) is 0 Å². The number of carbonyl (C=O) groups excluding carboxylic acids is 1. The molecule has 1 aromatic rings. The third kappa shape index (κ3) is 6.07. The van der Waals surface area contributed by atoms with Gasteiger partial charge < -0.3 is 0 Å². The summed E-state index contributed by atoms with van der Waals surface area (Å²) in [6, 6.07) is 9.30. The zero-order chi connectivity index (χ0) is 17.2. The summed E-state index contributed by atoms with van der Waals surface area (Å²) in [6.07, 6.45) is 14.0. The van der Waals surface area contributed by atoms with Crippen LogP contribution in [0, 0.1) is 5.92 Å². The van der Waals surface area contributed by atoms with E-state index in [2.05, 4.69) is 38.1 Å². The molecule has 0 atom stereocenters. The Morgan fingerprint density at radius 3 is 2.17 bits per heavy atom. The van der Waals surface area contributed by atoms with Gasteiger partial charge in [0.15, 0.2) is 0 Å². The molecular weight excluding hydrogens is 292 g/mol. The molecule has 0 saturated heterocycles. The molecule has 0 radical (unpaired) electrons. The van der Waals surface area contributed by atoms with Crippen LogP contribution in [0.5, 0.6) is 0 Å². The highest BCUT2D eigenvalue weighted by Crippen LogP contribution is 2.36. The predicted molar refractivity (Wildman–Crippen MR) is 104 cm³/mol. The number of hydrogen-bond donors (Lipinski definition) is 0. The van der Waals surface area contributed by atoms with Crippen molar-refractivity contribution in [3.63, 3.8) is 0 Å². The van der Waals surface area contributed by atoms with Gasteiger partial charge in [0, 0.05) is 12.3 Å². The average molecular weight is 329 g/mol. The molecule has 1 nitrogen and oxygen atoms in total. The highest BCUT2D eigenvalue weighted by molar-refractivity contribution is 5.81. The van der Waals surface area contributed by atoms with Crippen molar-refractivity contribution < 1.29 is 4.79 Å². The monoisotopic (exact) mass is 328 g/mol. The van der Waals surface area contributed by atoms with Gasteiger partial charge in [0.1, 0.15) is 5.78 Å². The molecule has 1 heteroatoms. The van der Waals surface area contributed by atoms with Crippen molar-refractivity contribution in [1.82, 2.24) is 0 Å². The lowest BCUT2D eigenvalue weighted by Crippen LogP contribution is -2.21. The van der Waals surface area contributed by atoms with Gasteiger partial charge in [-0.05, 0) is 62.0 Å². The van der Waals surface area contributed by atoms with Crippen LogP contribution in [-0.2, 0) is 11.2 Å². The number of Topliss-reactive ketones (excluding diaryl/α,β-unsaturated/α-hetero) is 1. The average Bonchev–Trinajstić information content (AvgIpc) is 2.64. The fraction of sp³-hybridized carbons (Fsp3) is 0.696. The zero-order valence-corrected chi connectivity index (χ0v) is 15.9. The van der Waals surface area contributed by atoms with E-state index in [1.807, 2.05) is 0 Å². The van der Waals surface area contributed by atoms with E-state index in [4.69, 9.17) is 0 Å². The zero-order valence-electron chi connectivity index (χ0n) is 15.9. The summed E-state index contributed by atoms with van der Waals surface area (Å²) < 4.78 is 0. The summed E-state index contributed by atoms with van der Waals surface area (Å²) in [6.45, 7) is 4.47. The summed E-state index contributed by atoms with van der Waals surface area (Å²) in [5.74, 6) is 1.57. The third-order valence-corrected chi connectivity index (χ3v) is 5.73. The minimum absolute atomic E-state index is 0.353. The Labute approximate surface area is 149 Å². The van der Waals surface area contributed by atoms with Gasteiger partial charge >= 0.3 is 0 Å². The highest BCUT2D eigenvalue weighted by atomic mass is 16.1. The van der Waals surface area contributed by atoms with Crippen LogP contribution in [0.15, 0.2) is 24.3 Å². The number of rotatable bonds is 10. The maximum atomic E-state index is 12.3. The molecule has 0 unspecified atom stereocenters. The Hall–Kier alpha value is -1.11. The molecule has 0 N–H and O–H groups in total. The van der Waals surface area contributed by atoms with Gasteiger partial charge in [-0.2, -0.15) is 0 Å². The quantitative estimate of drug-likeness (QED) is 0.430. The molecule has 1 fully saturated rings. The van der Waals surface area contributed by atoms with Crippen molar-refractivity contribution in [3.8, 4) is 0 Å². The Bertz CT molecular complexity index is 465. The van der Waals surface area contributed by atoms with Crippen molar-refractivity contribution >= 4 is 5.78 Å². The summed E-state index contributed by atoms with van der Waals surface area (Å²) in [7, 11) is 0. The summed E-state index contributed by atoms with van der Waals surface area (Å²) in [5.41, 5.74) is 2.96. The molecule has 1 aliphatic carbocycles. The number of ketones is 1. The predicted octanol–water partition coefficient (Wildman–Crippen LogP) is 6.84. The summed E-state index contributed by atoms with van der Waals surface area (Å²) in [4.78, 5) is 12.3. The van der Waals surface area contributed by atoms with Gasteiger partial charge in [-0.25, -0.2) is 0 Å². The standard InChI is InChI=1S/C23H36O/c1-3-5-7-8-10-23(24)22-17-15-21(16-18-22)20-13-11-19(12-14-20)9-6-4-2/h11-14,21-22H,3-10,15-18H2,1-2H3. The van der Waals surface area contributed by atoms with Gasteiger partial charge in [0.2, 0.25) is 0 Å². The SMILES string of the molecule is CCCCCCC(=O)C1CCC(c2ccc(CCCC)cc2)CC1. The van der Waals surface area contributed by atoms with Gasteiger partial charge in [0.25, 0.3) is 0 Å². The minimum Gasteiger partial charge on any atom is -0.299 e. The van der Waals surface area contributed by atoms with E-state index in [0.717, 1.165) is 25.7 Å².